The highest BCUT2D eigenvalue weighted by atomic mass is 31.0. The summed E-state index contributed by atoms with van der Waals surface area (Å²) in [5.41, 5.74) is 5.02. The van der Waals surface area contributed by atoms with Crippen molar-refractivity contribution in [1.29, 1.82) is 0 Å². The quantitative estimate of drug-likeness (QED) is 0.188. The number of halogens is 1. The van der Waals surface area contributed by atoms with Gasteiger partial charge in [0.2, 0.25) is 0 Å². The van der Waals surface area contributed by atoms with Crippen molar-refractivity contribution in [3.63, 3.8) is 0 Å². The van der Waals surface area contributed by atoms with Gasteiger partial charge in [-0.15, -0.1) is 9.24 Å². The van der Waals surface area contributed by atoms with E-state index in [1.54, 1.807) is 6.07 Å². The largest absolute Gasteiger partial charge is 0.494 e. The number of fused-ring (bicyclic) bond motifs is 1. The maximum Gasteiger partial charge on any atom is 0.131 e. The van der Waals surface area contributed by atoms with Crippen molar-refractivity contribution in [2.24, 2.45) is 0 Å². The van der Waals surface area contributed by atoms with Crippen LogP contribution in [-0.2, 0) is 0 Å². The Balaban J connectivity index is 1.48. The lowest BCUT2D eigenvalue weighted by atomic mass is 10.0. The second-order valence-corrected chi connectivity index (χ2v) is 9.25. The Hall–Kier alpha value is -2.77. The average molecular weight is 460 g/mol. The molecule has 0 aliphatic carbocycles. The summed E-state index contributed by atoms with van der Waals surface area (Å²) in [7, 11) is 2.72. The van der Waals surface area contributed by atoms with Gasteiger partial charge in [0.15, 0.2) is 0 Å². The van der Waals surface area contributed by atoms with Crippen molar-refractivity contribution in [3.05, 3.63) is 78.1 Å². The molecule has 0 saturated carbocycles. The van der Waals surface area contributed by atoms with Gasteiger partial charge in [0, 0.05) is 16.5 Å². The third-order valence-corrected chi connectivity index (χ3v) is 6.35. The van der Waals surface area contributed by atoms with Crippen LogP contribution in [0.2, 0.25) is 0 Å². The molecule has 0 fully saturated rings. The first kappa shape index (κ1) is 23.4. The van der Waals surface area contributed by atoms with Crippen LogP contribution in [0.5, 0.6) is 5.75 Å². The summed E-state index contributed by atoms with van der Waals surface area (Å²) in [6.07, 6.45) is 6.07. The molecule has 0 radical (unpaired) electrons. The van der Waals surface area contributed by atoms with Gasteiger partial charge < -0.3 is 4.74 Å². The van der Waals surface area contributed by atoms with Crippen molar-refractivity contribution >= 4 is 25.4 Å². The van der Waals surface area contributed by atoms with Crippen LogP contribution in [-0.4, -0.2) is 11.6 Å². The molecule has 33 heavy (non-hydrogen) atoms. The average Bonchev–Trinajstić information content (AvgIpc) is 2.82. The molecule has 0 amide bonds. The first-order chi connectivity index (χ1) is 16.0. The maximum absolute atomic E-state index is 15.1. The summed E-state index contributed by atoms with van der Waals surface area (Å²) >= 11 is 0. The summed E-state index contributed by atoms with van der Waals surface area (Å²) < 4.78 is 20.9. The smallest absolute Gasteiger partial charge is 0.131 e. The lowest BCUT2D eigenvalue weighted by Gasteiger charge is -2.10. The van der Waals surface area contributed by atoms with Crippen LogP contribution < -0.4 is 10.0 Å². The topological polar surface area (TPSA) is 22.1 Å². The van der Waals surface area contributed by atoms with E-state index >= 15 is 4.39 Å². The Morgan fingerprint density at radius 3 is 2.36 bits per heavy atom. The molecule has 4 aromatic rings. The third-order valence-electron chi connectivity index (χ3n) is 5.99. The molecule has 3 aromatic carbocycles. The van der Waals surface area contributed by atoms with Crippen molar-refractivity contribution in [2.45, 2.75) is 46.0 Å². The fraction of sp³-hybridized carbons (Fsp3) is 0.276. The molecule has 4 heteroatoms. The first-order valence-electron chi connectivity index (χ1n) is 11.7. The molecule has 1 heterocycles. The van der Waals surface area contributed by atoms with Gasteiger partial charge in [-0.05, 0) is 66.2 Å². The number of nitrogens with zero attached hydrogens (tertiary/aromatic N) is 1. The number of ether oxygens (including phenoxy) is 1. The number of hydrogen-bond acceptors (Lipinski definition) is 2. The highest BCUT2D eigenvalue weighted by Gasteiger charge is 2.11. The number of aromatic nitrogens is 1. The van der Waals surface area contributed by atoms with Crippen LogP contribution >= 0.6 is 9.24 Å². The highest BCUT2D eigenvalue weighted by Crippen LogP contribution is 2.30. The molecular formula is C29H31FNOP. The molecule has 0 bridgehead atoms. The molecular weight excluding hydrogens is 428 g/mol. The Labute approximate surface area is 198 Å². The zero-order chi connectivity index (χ0) is 23.2. The number of aryl methyl sites for hydroxylation is 1. The van der Waals surface area contributed by atoms with Gasteiger partial charge in [0.25, 0.3) is 0 Å². The molecule has 170 valence electrons. The number of hydrogen-bond donors (Lipinski definition) is 0. The van der Waals surface area contributed by atoms with E-state index in [0.29, 0.717) is 5.56 Å². The Morgan fingerprint density at radius 2 is 1.61 bits per heavy atom. The fourth-order valence-electron chi connectivity index (χ4n) is 4.09. The number of pyridine rings is 1. The predicted octanol–water partition coefficient (Wildman–Crippen LogP) is 7.87. The molecule has 1 atom stereocenters. The highest BCUT2D eigenvalue weighted by molar-refractivity contribution is 7.27. The van der Waals surface area contributed by atoms with E-state index in [0.717, 1.165) is 57.4 Å². The Bertz CT molecular complexity index is 1240. The van der Waals surface area contributed by atoms with E-state index in [-0.39, 0.29) is 5.82 Å². The molecule has 4 rings (SSSR count). The minimum Gasteiger partial charge on any atom is -0.494 e. The van der Waals surface area contributed by atoms with Gasteiger partial charge in [0.1, 0.15) is 11.6 Å². The van der Waals surface area contributed by atoms with Gasteiger partial charge in [0.05, 0.1) is 17.8 Å². The lowest BCUT2D eigenvalue weighted by Crippen LogP contribution is -1.97. The summed E-state index contributed by atoms with van der Waals surface area (Å²) in [6.45, 7) is 5.01. The summed E-state index contributed by atoms with van der Waals surface area (Å²) in [5, 5.41) is 2.24. The number of unbranched alkanes of at least 4 members (excludes halogenated alkanes) is 4. The molecule has 1 unspecified atom stereocenters. The van der Waals surface area contributed by atoms with Crippen LogP contribution in [0.15, 0.2) is 66.7 Å². The molecule has 0 aliphatic rings. The number of benzene rings is 3. The van der Waals surface area contributed by atoms with Crippen molar-refractivity contribution in [1.82, 2.24) is 4.98 Å². The molecule has 0 spiro atoms. The molecule has 0 aliphatic heterocycles. The second kappa shape index (κ2) is 10.9. The van der Waals surface area contributed by atoms with Crippen LogP contribution in [0.25, 0.3) is 33.3 Å². The molecule has 0 N–H and O–H groups in total. The number of rotatable bonds is 9. The van der Waals surface area contributed by atoms with E-state index in [1.165, 1.54) is 25.7 Å². The monoisotopic (exact) mass is 459 g/mol. The third kappa shape index (κ3) is 5.78. The van der Waals surface area contributed by atoms with Crippen LogP contribution in [0.1, 0.15) is 44.6 Å². The summed E-state index contributed by atoms with van der Waals surface area (Å²) in [5.74, 6) is 0.577. The Kier molecular flexibility index (Phi) is 7.73. The SMILES string of the molecule is CCCCCCCOc1ccc(-c2ccc(-c3cc(C)c4cc(P)ccc4n3)cc2F)cc1. The van der Waals surface area contributed by atoms with Crippen molar-refractivity contribution < 1.29 is 9.13 Å². The second-order valence-electron chi connectivity index (χ2n) is 8.58. The van der Waals surface area contributed by atoms with E-state index < -0.39 is 0 Å². The molecule has 0 saturated heterocycles. The van der Waals surface area contributed by atoms with Gasteiger partial charge in [-0.2, -0.15) is 0 Å². The van der Waals surface area contributed by atoms with Crippen molar-refractivity contribution in [3.8, 4) is 28.1 Å². The van der Waals surface area contributed by atoms with Crippen LogP contribution in [0.4, 0.5) is 4.39 Å². The lowest BCUT2D eigenvalue weighted by molar-refractivity contribution is 0.304. The standard InChI is InChI=1S/C29H31FNOP/c1-3-4-5-6-7-16-32-23-11-8-21(9-12-23)25-14-10-22(18-27(25)30)29-17-20(2)26-19-24(33)13-15-28(26)31-29/h8-15,17-19H,3-7,16,33H2,1-2H3. The maximum atomic E-state index is 15.1. The van der Waals surface area contributed by atoms with Crippen LogP contribution in [0, 0.1) is 12.7 Å². The zero-order valence-electron chi connectivity index (χ0n) is 19.4. The zero-order valence-corrected chi connectivity index (χ0v) is 20.6. The van der Waals surface area contributed by atoms with Gasteiger partial charge >= 0.3 is 0 Å². The van der Waals surface area contributed by atoms with Gasteiger partial charge in [-0.25, -0.2) is 9.37 Å². The summed E-state index contributed by atoms with van der Waals surface area (Å²) in [4.78, 5) is 4.76. The molecule has 1 aromatic heterocycles. The minimum absolute atomic E-state index is 0.253. The van der Waals surface area contributed by atoms with E-state index in [1.807, 2.05) is 54.6 Å². The minimum atomic E-state index is -0.253. The summed E-state index contributed by atoms with van der Waals surface area (Å²) in [6, 6.07) is 21.2. The normalized spacial score (nSPS) is 11.2. The van der Waals surface area contributed by atoms with Gasteiger partial charge in [-0.1, -0.05) is 62.9 Å². The van der Waals surface area contributed by atoms with Crippen molar-refractivity contribution in [2.75, 3.05) is 6.61 Å². The Morgan fingerprint density at radius 1 is 0.848 bits per heavy atom. The van der Waals surface area contributed by atoms with E-state index in [9.17, 15) is 0 Å². The van der Waals surface area contributed by atoms with E-state index in [2.05, 4.69) is 29.2 Å². The first-order valence-corrected chi connectivity index (χ1v) is 12.3. The van der Waals surface area contributed by atoms with E-state index in [4.69, 9.17) is 9.72 Å². The fourth-order valence-corrected chi connectivity index (χ4v) is 4.36. The van der Waals surface area contributed by atoms with Gasteiger partial charge in [-0.3, -0.25) is 0 Å². The van der Waals surface area contributed by atoms with Crippen LogP contribution in [0.3, 0.4) is 0 Å². The molecule has 2 nitrogen and oxygen atoms in total. The predicted molar refractivity (Wildman–Crippen MR) is 141 cm³/mol.